The molecular weight excluding hydrogens is 289 g/mol. The van der Waals surface area contributed by atoms with Crippen LogP contribution in [0.2, 0.25) is 0 Å². The SMILES string of the molecule is Cc1cc(C)c(CCl)c(-n2cc(Br)cn2)n1. The summed E-state index contributed by atoms with van der Waals surface area (Å²) < 4.78 is 2.66. The van der Waals surface area contributed by atoms with Gasteiger partial charge in [0.1, 0.15) is 0 Å². The number of halogens is 2. The summed E-state index contributed by atoms with van der Waals surface area (Å²) in [7, 11) is 0. The molecule has 16 heavy (non-hydrogen) atoms. The van der Waals surface area contributed by atoms with Crippen LogP contribution in [0.15, 0.2) is 22.9 Å². The lowest BCUT2D eigenvalue weighted by atomic mass is 10.1. The highest BCUT2D eigenvalue weighted by Crippen LogP contribution is 2.20. The second kappa shape index (κ2) is 4.55. The van der Waals surface area contributed by atoms with Crippen LogP contribution in [-0.4, -0.2) is 14.8 Å². The first kappa shape index (κ1) is 11.6. The summed E-state index contributed by atoms with van der Waals surface area (Å²) in [6.07, 6.45) is 3.61. The van der Waals surface area contributed by atoms with Crippen molar-refractivity contribution in [3.05, 3.63) is 39.8 Å². The molecule has 2 rings (SSSR count). The van der Waals surface area contributed by atoms with Crippen molar-refractivity contribution in [3.63, 3.8) is 0 Å². The predicted octanol–water partition coefficient (Wildman–Crippen LogP) is 3.39. The van der Waals surface area contributed by atoms with Crippen LogP contribution in [0.5, 0.6) is 0 Å². The van der Waals surface area contributed by atoms with Crippen LogP contribution in [0.4, 0.5) is 0 Å². The van der Waals surface area contributed by atoms with Crippen molar-refractivity contribution in [2.75, 3.05) is 0 Å². The Bertz CT molecular complexity index is 522. The Morgan fingerprint density at radius 2 is 2.19 bits per heavy atom. The predicted molar refractivity (Wildman–Crippen MR) is 68.1 cm³/mol. The van der Waals surface area contributed by atoms with Gasteiger partial charge in [-0.15, -0.1) is 11.6 Å². The molecule has 0 aliphatic rings. The first-order valence-corrected chi connectivity index (χ1v) is 6.18. The van der Waals surface area contributed by atoms with Gasteiger partial charge in [-0.05, 0) is 41.4 Å². The molecule has 0 aromatic carbocycles. The molecule has 2 heterocycles. The Kier molecular flexibility index (Phi) is 3.30. The molecular formula is C11H11BrClN3. The molecule has 0 saturated heterocycles. The minimum absolute atomic E-state index is 0.436. The van der Waals surface area contributed by atoms with Gasteiger partial charge in [-0.25, -0.2) is 9.67 Å². The van der Waals surface area contributed by atoms with E-state index in [1.807, 2.05) is 26.1 Å². The van der Waals surface area contributed by atoms with E-state index in [2.05, 4.69) is 26.0 Å². The maximum absolute atomic E-state index is 5.95. The van der Waals surface area contributed by atoms with Crippen LogP contribution in [0.1, 0.15) is 16.8 Å². The molecule has 2 aromatic rings. The number of rotatable bonds is 2. The van der Waals surface area contributed by atoms with Gasteiger partial charge in [0.2, 0.25) is 0 Å². The van der Waals surface area contributed by atoms with Gasteiger partial charge in [-0.2, -0.15) is 5.10 Å². The Balaban J connectivity index is 2.63. The third-order valence-electron chi connectivity index (χ3n) is 2.36. The van der Waals surface area contributed by atoms with E-state index in [1.165, 1.54) is 0 Å². The fraction of sp³-hybridized carbons (Fsp3) is 0.273. The third-order valence-corrected chi connectivity index (χ3v) is 3.03. The molecule has 2 aromatic heterocycles. The highest BCUT2D eigenvalue weighted by atomic mass is 79.9. The quantitative estimate of drug-likeness (QED) is 0.796. The lowest BCUT2D eigenvalue weighted by molar-refractivity contribution is 0.826. The van der Waals surface area contributed by atoms with Crippen LogP contribution in [0, 0.1) is 13.8 Å². The smallest absolute Gasteiger partial charge is 0.158 e. The van der Waals surface area contributed by atoms with Crippen LogP contribution in [0.3, 0.4) is 0 Å². The number of aryl methyl sites for hydroxylation is 2. The molecule has 5 heteroatoms. The summed E-state index contributed by atoms with van der Waals surface area (Å²) in [4.78, 5) is 4.48. The third kappa shape index (κ3) is 2.13. The van der Waals surface area contributed by atoms with Crippen molar-refractivity contribution in [3.8, 4) is 5.82 Å². The maximum Gasteiger partial charge on any atom is 0.158 e. The van der Waals surface area contributed by atoms with E-state index in [0.717, 1.165) is 27.1 Å². The summed E-state index contributed by atoms with van der Waals surface area (Å²) >= 11 is 9.32. The van der Waals surface area contributed by atoms with Crippen molar-refractivity contribution in [1.82, 2.24) is 14.8 Å². The first-order valence-electron chi connectivity index (χ1n) is 4.85. The maximum atomic E-state index is 5.95. The molecule has 0 aliphatic heterocycles. The van der Waals surface area contributed by atoms with Gasteiger partial charge in [0.05, 0.1) is 16.5 Å². The molecule has 0 saturated carbocycles. The molecule has 0 unspecified atom stereocenters. The topological polar surface area (TPSA) is 30.7 Å². The summed E-state index contributed by atoms with van der Waals surface area (Å²) in [5.41, 5.74) is 3.12. The van der Waals surface area contributed by atoms with Crippen molar-refractivity contribution < 1.29 is 0 Å². The lowest BCUT2D eigenvalue weighted by Crippen LogP contribution is -2.05. The van der Waals surface area contributed by atoms with Gasteiger partial charge in [0, 0.05) is 17.5 Å². The van der Waals surface area contributed by atoms with E-state index in [-0.39, 0.29) is 0 Å². The van der Waals surface area contributed by atoms with Gasteiger partial charge < -0.3 is 0 Å². The van der Waals surface area contributed by atoms with E-state index < -0.39 is 0 Å². The molecule has 0 spiro atoms. The van der Waals surface area contributed by atoms with Crippen molar-refractivity contribution in [1.29, 1.82) is 0 Å². The van der Waals surface area contributed by atoms with Gasteiger partial charge in [0.25, 0.3) is 0 Å². The zero-order valence-corrected chi connectivity index (χ0v) is 11.4. The molecule has 84 valence electrons. The van der Waals surface area contributed by atoms with Crippen LogP contribution < -0.4 is 0 Å². The average molecular weight is 301 g/mol. The minimum atomic E-state index is 0.436. The highest BCUT2D eigenvalue weighted by molar-refractivity contribution is 9.10. The van der Waals surface area contributed by atoms with Gasteiger partial charge >= 0.3 is 0 Å². The van der Waals surface area contributed by atoms with Crippen molar-refractivity contribution in [2.45, 2.75) is 19.7 Å². The number of hydrogen-bond acceptors (Lipinski definition) is 2. The van der Waals surface area contributed by atoms with Crippen molar-refractivity contribution in [2.24, 2.45) is 0 Å². The summed E-state index contributed by atoms with van der Waals surface area (Å²) in [6, 6.07) is 2.03. The molecule has 0 N–H and O–H groups in total. The molecule has 0 radical (unpaired) electrons. The number of nitrogens with zero attached hydrogens (tertiary/aromatic N) is 3. The largest absolute Gasteiger partial charge is 0.234 e. The van der Waals surface area contributed by atoms with E-state index in [1.54, 1.807) is 10.9 Å². The Morgan fingerprint density at radius 3 is 2.75 bits per heavy atom. The second-order valence-electron chi connectivity index (χ2n) is 3.62. The highest BCUT2D eigenvalue weighted by Gasteiger charge is 2.10. The monoisotopic (exact) mass is 299 g/mol. The first-order chi connectivity index (χ1) is 7.61. The van der Waals surface area contributed by atoms with E-state index in [0.29, 0.717) is 5.88 Å². The molecule has 0 atom stereocenters. The van der Waals surface area contributed by atoms with E-state index in [4.69, 9.17) is 11.6 Å². The molecule has 0 amide bonds. The molecule has 0 fully saturated rings. The average Bonchev–Trinajstić information content (AvgIpc) is 2.63. The molecule has 0 aliphatic carbocycles. The summed E-state index contributed by atoms with van der Waals surface area (Å²) in [5.74, 6) is 1.24. The Morgan fingerprint density at radius 1 is 1.44 bits per heavy atom. The standard InChI is InChI=1S/C11H11BrClN3/c1-7-3-8(2)15-11(10(7)4-13)16-6-9(12)5-14-16/h3,5-6H,4H2,1-2H3. The summed E-state index contributed by atoms with van der Waals surface area (Å²) in [5, 5.41) is 4.23. The Hall–Kier alpha value is -0.870. The fourth-order valence-electron chi connectivity index (χ4n) is 1.61. The Labute approximate surface area is 108 Å². The zero-order valence-electron chi connectivity index (χ0n) is 9.04. The van der Waals surface area contributed by atoms with Gasteiger partial charge in [-0.1, -0.05) is 0 Å². The van der Waals surface area contributed by atoms with Crippen LogP contribution >= 0.6 is 27.5 Å². The number of alkyl halides is 1. The normalized spacial score (nSPS) is 10.8. The number of pyridine rings is 1. The van der Waals surface area contributed by atoms with Crippen molar-refractivity contribution >= 4 is 27.5 Å². The lowest BCUT2D eigenvalue weighted by Gasteiger charge is -2.10. The van der Waals surface area contributed by atoms with Crippen LogP contribution in [0.25, 0.3) is 5.82 Å². The number of hydrogen-bond donors (Lipinski definition) is 0. The van der Waals surface area contributed by atoms with E-state index in [9.17, 15) is 0 Å². The minimum Gasteiger partial charge on any atom is -0.234 e. The zero-order chi connectivity index (χ0) is 11.7. The fourth-order valence-corrected chi connectivity index (χ4v) is 2.23. The summed E-state index contributed by atoms with van der Waals surface area (Å²) in [6.45, 7) is 4.00. The van der Waals surface area contributed by atoms with Gasteiger partial charge in [0.15, 0.2) is 5.82 Å². The van der Waals surface area contributed by atoms with E-state index >= 15 is 0 Å². The van der Waals surface area contributed by atoms with Gasteiger partial charge in [-0.3, -0.25) is 0 Å². The molecule has 0 bridgehead atoms. The number of aromatic nitrogens is 3. The van der Waals surface area contributed by atoms with Crippen LogP contribution in [-0.2, 0) is 5.88 Å². The second-order valence-corrected chi connectivity index (χ2v) is 4.80. The molecule has 3 nitrogen and oxygen atoms in total.